The first-order valence-electron chi connectivity index (χ1n) is 6.72. The number of nitrogens with zero attached hydrogens (tertiary/aromatic N) is 1. The minimum atomic E-state index is 0.605. The van der Waals surface area contributed by atoms with Crippen molar-refractivity contribution in [2.24, 2.45) is 0 Å². The van der Waals surface area contributed by atoms with Crippen LogP contribution >= 0.6 is 11.8 Å². The van der Waals surface area contributed by atoms with Crippen LogP contribution in [0.2, 0.25) is 0 Å². The van der Waals surface area contributed by atoms with E-state index in [4.69, 9.17) is 0 Å². The van der Waals surface area contributed by atoms with Gasteiger partial charge in [0.15, 0.2) is 0 Å². The monoisotopic (exact) mass is 244 g/mol. The van der Waals surface area contributed by atoms with E-state index >= 15 is 0 Å². The number of nitrogens with one attached hydrogen (secondary N) is 1. The highest BCUT2D eigenvalue weighted by Crippen LogP contribution is 2.20. The fourth-order valence-electron chi connectivity index (χ4n) is 2.37. The zero-order chi connectivity index (χ0) is 12.0. The van der Waals surface area contributed by atoms with E-state index in [1.54, 1.807) is 0 Å². The van der Waals surface area contributed by atoms with Crippen LogP contribution in [0.3, 0.4) is 0 Å². The van der Waals surface area contributed by atoms with E-state index in [0.717, 1.165) is 18.6 Å². The molecule has 0 radical (unpaired) electrons. The molecule has 0 aromatic carbocycles. The Hall–Kier alpha value is 0.270. The molecule has 96 valence electrons. The van der Waals surface area contributed by atoms with Crippen molar-refractivity contribution < 1.29 is 0 Å². The van der Waals surface area contributed by atoms with Gasteiger partial charge in [-0.1, -0.05) is 27.2 Å². The summed E-state index contributed by atoms with van der Waals surface area (Å²) in [5.74, 6) is 2.62. The Labute approximate surface area is 106 Å². The van der Waals surface area contributed by atoms with Crippen molar-refractivity contribution in [2.75, 3.05) is 24.6 Å². The third-order valence-electron chi connectivity index (χ3n) is 3.27. The molecule has 1 saturated heterocycles. The van der Waals surface area contributed by atoms with Crippen molar-refractivity contribution in [1.29, 1.82) is 0 Å². The SMILES string of the molecule is CCCC(CNC(C)C)N1CCSCC1C. The van der Waals surface area contributed by atoms with Gasteiger partial charge in [-0.2, -0.15) is 11.8 Å². The van der Waals surface area contributed by atoms with Gasteiger partial charge in [-0.05, 0) is 13.3 Å². The fraction of sp³-hybridized carbons (Fsp3) is 1.00. The molecular weight excluding hydrogens is 216 g/mol. The minimum Gasteiger partial charge on any atom is -0.313 e. The molecule has 3 heteroatoms. The second kappa shape index (κ2) is 7.57. The van der Waals surface area contributed by atoms with Crippen molar-refractivity contribution >= 4 is 11.8 Å². The molecule has 1 fully saturated rings. The van der Waals surface area contributed by atoms with E-state index in [2.05, 4.69) is 49.7 Å². The molecule has 0 aromatic heterocycles. The van der Waals surface area contributed by atoms with Gasteiger partial charge >= 0.3 is 0 Å². The molecular formula is C13H28N2S. The molecule has 16 heavy (non-hydrogen) atoms. The Bertz CT molecular complexity index is 185. The van der Waals surface area contributed by atoms with Gasteiger partial charge in [0, 0.05) is 42.7 Å². The van der Waals surface area contributed by atoms with Crippen LogP contribution in [0.15, 0.2) is 0 Å². The van der Waals surface area contributed by atoms with Crippen LogP contribution in [-0.4, -0.2) is 47.6 Å². The van der Waals surface area contributed by atoms with Crippen LogP contribution in [0.5, 0.6) is 0 Å². The highest BCUT2D eigenvalue weighted by molar-refractivity contribution is 7.99. The first-order chi connectivity index (χ1) is 7.65. The zero-order valence-corrected chi connectivity index (χ0v) is 12.1. The largest absolute Gasteiger partial charge is 0.313 e. The van der Waals surface area contributed by atoms with Crippen LogP contribution in [-0.2, 0) is 0 Å². The van der Waals surface area contributed by atoms with Gasteiger partial charge in [0.2, 0.25) is 0 Å². The summed E-state index contributed by atoms with van der Waals surface area (Å²) in [6, 6.07) is 2.10. The summed E-state index contributed by atoms with van der Waals surface area (Å²) >= 11 is 2.10. The molecule has 2 unspecified atom stereocenters. The summed E-state index contributed by atoms with van der Waals surface area (Å²) in [7, 11) is 0. The lowest BCUT2D eigenvalue weighted by Crippen LogP contribution is -2.51. The number of rotatable bonds is 6. The number of thioether (sulfide) groups is 1. The fourth-order valence-corrected chi connectivity index (χ4v) is 3.41. The van der Waals surface area contributed by atoms with Gasteiger partial charge in [0.25, 0.3) is 0 Å². The lowest BCUT2D eigenvalue weighted by molar-refractivity contribution is 0.147. The van der Waals surface area contributed by atoms with Crippen molar-refractivity contribution in [3.8, 4) is 0 Å². The van der Waals surface area contributed by atoms with Crippen molar-refractivity contribution in [2.45, 2.75) is 58.7 Å². The van der Waals surface area contributed by atoms with E-state index in [1.165, 1.54) is 30.9 Å². The smallest absolute Gasteiger partial charge is 0.0224 e. The summed E-state index contributed by atoms with van der Waals surface area (Å²) < 4.78 is 0. The quantitative estimate of drug-likeness (QED) is 0.773. The van der Waals surface area contributed by atoms with Gasteiger partial charge in [0.1, 0.15) is 0 Å². The Morgan fingerprint density at radius 1 is 1.44 bits per heavy atom. The molecule has 0 spiro atoms. The van der Waals surface area contributed by atoms with Crippen LogP contribution in [0.25, 0.3) is 0 Å². The van der Waals surface area contributed by atoms with Crippen molar-refractivity contribution in [3.05, 3.63) is 0 Å². The summed E-state index contributed by atoms with van der Waals surface area (Å²) in [6.45, 7) is 11.6. The maximum Gasteiger partial charge on any atom is 0.0224 e. The Balaban J connectivity index is 2.46. The highest BCUT2D eigenvalue weighted by atomic mass is 32.2. The van der Waals surface area contributed by atoms with Crippen molar-refractivity contribution in [1.82, 2.24) is 10.2 Å². The summed E-state index contributed by atoms with van der Waals surface area (Å²) in [6.07, 6.45) is 2.62. The average molecular weight is 244 g/mol. The lowest BCUT2D eigenvalue weighted by atomic mass is 10.1. The Kier molecular flexibility index (Phi) is 6.78. The zero-order valence-electron chi connectivity index (χ0n) is 11.3. The third kappa shape index (κ3) is 4.64. The van der Waals surface area contributed by atoms with Crippen LogP contribution < -0.4 is 5.32 Å². The summed E-state index contributed by atoms with van der Waals surface area (Å²) in [5, 5.41) is 3.60. The molecule has 0 saturated carbocycles. The van der Waals surface area contributed by atoms with E-state index in [9.17, 15) is 0 Å². The summed E-state index contributed by atoms with van der Waals surface area (Å²) in [5.41, 5.74) is 0. The van der Waals surface area contributed by atoms with Gasteiger partial charge in [-0.25, -0.2) is 0 Å². The van der Waals surface area contributed by atoms with Gasteiger partial charge in [-0.3, -0.25) is 4.90 Å². The van der Waals surface area contributed by atoms with Crippen LogP contribution in [0, 0.1) is 0 Å². The first kappa shape index (κ1) is 14.3. The van der Waals surface area contributed by atoms with E-state index in [-0.39, 0.29) is 0 Å². The van der Waals surface area contributed by atoms with Gasteiger partial charge < -0.3 is 5.32 Å². The highest BCUT2D eigenvalue weighted by Gasteiger charge is 2.25. The molecule has 0 amide bonds. The van der Waals surface area contributed by atoms with E-state index < -0.39 is 0 Å². The molecule has 0 aromatic rings. The second-order valence-electron chi connectivity index (χ2n) is 5.17. The predicted octanol–water partition coefficient (Wildman–Crippen LogP) is 2.59. The second-order valence-corrected chi connectivity index (χ2v) is 6.32. The van der Waals surface area contributed by atoms with Gasteiger partial charge in [0.05, 0.1) is 0 Å². The van der Waals surface area contributed by atoms with E-state index in [0.29, 0.717) is 6.04 Å². The number of hydrogen-bond donors (Lipinski definition) is 1. The molecule has 0 aliphatic carbocycles. The van der Waals surface area contributed by atoms with Gasteiger partial charge in [-0.15, -0.1) is 0 Å². The minimum absolute atomic E-state index is 0.605. The molecule has 0 bridgehead atoms. The lowest BCUT2D eigenvalue weighted by Gasteiger charge is -2.39. The Morgan fingerprint density at radius 2 is 2.19 bits per heavy atom. The number of hydrogen-bond acceptors (Lipinski definition) is 3. The molecule has 2 atom stereocenters. The predicted molar refractivity (Wildman–Crippen MR) is 75.3 cm³/mol. The maximum absolute atomic E-state index is 3.60. The van der Waals surface area contributed by atoms with Crippen LogP contribution in [0.4, 0.5) is 0 Å². The first-order valence-corrected chi connectivity index (χ1v) is 7.87. The molecule has 1 heterocycles. The Morgan fingerprint density at radius 3 is 2.75 bits per heavy atom. The molecule has 1 aliphatic rings. The molecule has 1 rings (SSSR count). The maximum atomic E-state index is 3.60. The molecule has 1 aliphatic heterocycles. The van der Waals surface area contributed by atoms with Crippen molar-refractivity contribution in [3.63, 3.8) is 0 Å². The average Bonchev–Trinajstić information content (AvgIpc) is 2.25. The summed E-state index contributed by atoms with van der Waals surface area (Å²) in [4.78, 5) is 2.72. The van der Waals surface area contributed by atoms with E-state index in [1.807, 2.05) is 0 Å². The molecule has 2 nitrogen and oxygen atoms in total. The third-order valence-corrected chi connectivity index (χ3v) is 4.46. The normalized spacial score (nSPS) is 24.9. The van der Waals surface area contributed by atoms with Crippen LogP contribution in [0.1, 0.15) is 40.5 Å². The molecule has 1 N–H and O–H groups in total. The topological polar surface area (TPSA) is 15.3 Å². The standard InChI is InChI=1S/C13H28N2S/c1-5-6-13(9-14-11(2)3)15-7-8-16-10-12(15)4/h11-14H,5-10H2,1-4H3.